The van der Waals surface area contributed by atoms with Crippen molar-refractivity contribution in [3.05, 3.63) is 84.9 Å². The molecule has 0 aromatic heterocycles. The molecule has 3 aromatic carbocycles. The molecule has 0 N–H and O–H groups in total. The van der Waals surface area contributed by atoms with Crippen LogP contribution in [0.2, 0.25) is 0 Å². The molecule has 0 radical (unpaired) electrons. The quantitative estimate of drug-likeness (QED) is 0.261. The van der Waals surface area contributed by atoms with Gasteiger partial charge < -0.3 is 28.4 Å². The van der Waals surface area contributed by atoms with Crippen molar-refractivity contribution in [2.75, 3.05) is 19.8 Å². The van der Waals surface area contributed by atoms with Gasteiger partial charge in [0.15, 0.2) is 32.9 Å². The Kier molecular flexibility index (Phi) is 8.30. The highest BCUT2D eigenvalue weighted by Crippen LogP contribution is 2.36. The largest absolute Gasteiger partial charge is 0.482 e. The topological polar surface area (TPSA) is 72.5 Å². The Morgan fingerprint density at radius 1 is 0.795 bits per heavy atom. The van der Waals surface area contributed by atoms with Crippen molar-refractivity contribution in [3.8, 4) is 5.75 Å². The third-order valence-electron chi connectivity index (χ3n) is 6.40. The summed E-state index contributed by atoms with van der Waals surface area (Å²) in [6.45, 7) is 7.59. The molecule has 2 fully saturated rings. The summed E-state index contributed by atoms with van der Waals surface area (Å²) in [6.07, 6.45) is -1.19. The normalized spacial score (nSPS) is 23.6. The molecule has 3 unspecified atom stereocenters. The van der Waals surface area contributed by atoms with Crippen molar-refractivity contribution in [3.63, 3.8) is 0 Å². The van der Waals surface area contributed by atoms with E-state index in [1.807, 2.05) is 64.1 Å². The van der Waals surface area contributed by atoms with Gasteiger partial charge in [0.2, 0.25) is 0 Å². The zero-order valence-corrected chi connectivity index (χ0v) is 23.5. The van der Waals surface area contributed by atoms with Crippen LogP contribution >= 0.6 is 0 Å². The first-order valence-electron chi connectivity index (χ1n) is 13.1. The van der Waals surface area contributed by atoms with Crippen molar-refractivity contribution in [1.82, 2.24) is 0 Å². The maximum absolute atomic E-state index is 12.5. The first-order chi connectivity index (χ1) is 18.7. The molecule has 3 atom stereocenters. The maximum Gasteiger partial charge on any atom is 0.344 e. The van der Waals surface area contributed by atoms with Crippen LogP contribution in [-0.4, -0.2) is 55.7 Å². The summed E-state index contributed by atoms with van der Waals surface area (Å²) in [5.74, 6) is -1.38. The second-order valence-corrected chi connectivity index (χ2v) is 12.4. The van der Waals surface area contributed by atoms with Crippen LogP contribution in [0.4, 0.5) is 0 Å². The summed E-state index contributed by atoms with van der Waals surface area (Å²) in [4.78, 5) is 16.1. The molecule has 3 aromatic rings. The van der Waals surface area contributed by atoms with Crippen LogP contribution in [0.5, 0.6) is 5.75 Å². The van der Waals surface area contributed by atoms with Crippen LogP contribution in [-0.2, 0) is 39.4 Å². The van der Waals surface area contributed by atoms with E-state index in [0.717, 1.165) is 4.90 Å². The number of carbonyl (C=O) groups is 1. The lowest BCUT2D eigenvalue weighted by atomic mass is 10.1. The smallest absolute Gasteiger partial charge is 0.344 e. The van der Waals surface area contributed by atoms with Gasteiger partial charge in [0.25, 0.3) is 0 Å². The van der Waals surface area contributed by atoms with E-state index < -0.39 is 29.8 Å². The van der Waals surface area contributed by atoms with E-state index in [4.69, 9.17) is 28.4 Å². The average Bonchev–Trinajstić information content (AvgIpc) is 3.45. The van der Waals surface area contributed by atoms with Gasteiger partial charge in [0, 0.05) is 0 Å². The molecule has 7 nitrogen and oxygen atoms in total. The third-order valence-corrected chi connectivity index (χ3v) is 8.63. The second kappa shape index (κ2) is 11.7. The van der Waals surface area contributed by atoms with E-state index in [0.29, 0.717) is 12.4 Å². The SMILES string of the molecule is CC1(C)OCC(C2OC(C)(C)OC2COC(=O)COc2ccc([S+](c3ccccc3)c3ccccc3)cc2)O1. The predicted octanol–water partition coefficient (Wildman–Crippen LogP) is 5.38. The molecular weight excluding hydrogens is 516 g/mol. The van der Waals surface area contributed by atoms with Crippen LogP contribution in [0.3, 0.4) is 0 Å². The van der Waals surface area contributed by atoms with Gasteiger partial charge in [-0.3, -0.25) is 0 Å². The lowest BCUT2D eigenvalue weighted by Gasteiger charge is -2.23. The second-order valence-electron chi connectivity index (χ2n) is 10.4. The Morgan fingerprint density at radius 2 is 1.38 bits per heavy atom. The fourth-order valence-electron chi connectivity index (χ4n) is 4.74. The number of rotatable bonds is 9. The number of ether oxygens (including phenoxy) is 6. The summed E-state index contributed by atoms with van der Waals surface area (Å²) in [7, 11) is -0.249. The maximum atomic E-state index is 12.5. The Bertz CT molecular complexity index is 1190. The van der Waals surface area contributed by atoms with E-state index in [1.165, 1.54) is 9.79 Å². The van der Waals surface area contributed by atoms with Gasteiger partial charge in [-0.25, -0.2) is 4.79 Å². The molecule has 2 aliphatic heterocycles. The minimum Gasteiger partial charge on any atom is -0.482 e. The van der Waals surface area contributed by atoms with Gasteiger partial charge in [-0.1, -0.05) is 36.4 Å². The Labute approximate surface area is 232 Å². The van der Waals surface area contributed by atoms with Crippen LogP contribution in [0.1, 0.15) is 27.7 Å². The average molecular weight is 552 g/mol. The van der Waals surface area contributed by atoms with Crippen LogP contribution in [0.25, 0.3) is 0 Å². The Hall–Kier alpha value is -2.88. The molecule has 0 aliphatic carbocycles. The number of carbonyl (C=O) groups excluding carboxylic acids is 1. The van der Waals surface area contributed by atoms with Gasteiger partial charge in [-0.2, -0.15) is 0 Å². The molecule has 8 heteroatoms. The van der Waals surface area contributed by atoms with Crippen molar-refractivity contribution in [2.45, 2.75) is 72.3 Å². The van der Waals surface area contributed by atoms with Gasteiger partial charge in [0.05, 0.1) is 17.5 Å². The molecule has 206 valence electrons. The molecule has 39 heavy (non-hydrogen) atoms. The van der Waals surface area contributed by atoms with Crippen LogP contribution in [0, 0.1) is 0 Å². The molecule has 0 bridgehead atoms. The first-order valence-corrected chi connectivity index (χ1v) is 14.3. The highest BCUT2D eigenvalue weighted by Gasteiger charge is 2.50. The Balaban J connectivity index is 1.17. The van der Waals surface area contributed by atoms with Gasteiger partial charge in [-0.05, 0) is 76.2 Å². The summed E-state index contributed by atoms with van der Waals surface area (Å²) in [5, 5.41) is 0. The highest BCUT2D eigenvalue weighted by atomic mass is 32.2. The standard InChI is InChI=1S/C31H35O7S/c1-30(2)35-20-27(36-30)29-26(37-31(3,4)38-29)19-34-28(32)21-33-22-15-17-25(18-16-22)39(23-11-7-5-8-12-23)24-13-9-6-10-14-24/h5-18,26-27,29H,19-21H2,1-4H3/q+1. The van der Waals surface area contributed by atoms with E-state index in [-0.39, 0.29) is 30.2 Å². The molecule has 0 saturated carbocycles. The first kappa shape index (κ1) is 27.7. The molecular formula is C31H35O7S+. The monoisotopic (exact) mass is 551 g/mol. The van der Waals surface area contributed by atoms with Crippen LogP contribution < -0.4 is 4.74 Å². The van der Waals surface area contributed by atoms with Crippen molar-refractivity contribution in [2.24, 2.45) is 0 Å². The lowest BCUT2D eigenvalue weighted by Crippen LogP contribution is -2.40. The third kappa shape index (κ3) is 7.01. The predicted molar refractivity (Wildman–Crippen MR) is 147 cm³/mol. The zero-order chi connectivity index (χ0) is 27.5. The van der Waals surface area contributed by atoms with E-state index in [2.05, 4.69) is 48.5 Å². The van der Waals surface area contributed by atoms with E-state index in [9.17, 15) is 4.79 Å². The van der Waals surface area contributed by atoms with Gasteiger partial charge in [-0.15, -0.1) is 0 Å². The summed E-state index contributed by atoms with van der Waals surface area (Å²) >= 11 is 0. The zero-order valence-electron chi connectivity index (χ0n) is 22.7. The molecule has 5 rings (SSSR count). The van der Waals surface area contributed by atoms with Gasteiger partial charge in [0.1, 0.15) is 30.7 Å². The highest BCUT2D eigenvalue weighted by molar-refractivity contribution is 7.97. The summed E-state index contributed by atoms with van der Waals surface area (Å²) in [5.41, 5.74) is 0. The van der Waals surface area contributed by atoms with Gasteiger partial charge >= 0.3 is 5.97 Å². The number of hydrogen-bond donors (Lipinski definition) is 0. The number of esters is 1. The molecule has 2 saturated heterocycles. The van der Waals surface area contributed by atoms with Crippen molar-refractivity contribution in [1.29, 1.82) is 0 Å². The lowest BCUT2D eigenvalue weighted by molar-refractivity contribution is -0.175. The Morgan fingerprint density at radius 3 is 1.95 bits per heavy atom. The fraction of sp³-hybridized carbons (Fsp3) is 0.387. The number of hydrogen-bond acceptors (Lipinski definition) is 7. The van der Waals surface area contributed by atoms with Crippen molar-refractivity contribution >= 4 is 16.9 Å². The summed E-state index contributed by atoms with van der Waals surface area (Å²) < 4.78 is 34.9. The number of benzene rings is 3. The minimum atomic E-state index is -0.811. The van der Waals surface area contributed by atoms with Crippen molar-refractivity contribution < 1.29 is 33.2 Å². The van der Waals surface area contributed by atoms with E-state index >= 15 is 0 Å². The molecule has 2 heterocycles. The summed E-state index contributed by atoms with van der Waals surface area (Å²) in [6, 6.07) is 28.7. The molecule has 0 spiro atoms. The fourth-order valence-corrected chi connectivity index (χ4v) is 6.82. The molecule has 2 aliphatic rings. The van der Waals surface area contributed by atoms with E-state index in [1.54, 1.807) is 0 Å². The molecule has 0 amide bonds. The van der Waals surface area contributed by atoms with Crippen LogP contribution in [0.15, 0.2) is 99.6 Å². The minimum absolute atomic E-state index is 0.0342.